The first-order chi connectivity index (χ1) is 8.24. The van der Waals surface area contributed by atoms with E-state index >= 15 is 0 Å². The predicted molar refractivity (Wildman–Crippen MR) is 61.1 cm³/mol. The highest BCUT2D eigenvalue weighted by Crippen LogP contribution is 2.35. The Morgan fingerprint density at radius 2 is 2.18 bits per heavy atom. The summed E-state index contributed by atoms with van der Waals surface area (Å²) in [7, 11) is 0. The molecule has 0 saturated heterocycles. The average molecular weight is 231 g/mol. The molecule has 1 saturated carbocycles. The molecule has 0 aliphatic heterocycles. The van der Waals surface area contributed by atoms with Gasteiger partial charge in [-0.15, -0.1) is 0 Å². The maximum atomic E-state index is 5.81. The normalized spacial score (nSPS) is 15.8. The molecule has 88 valence electrons. The van der Waals surface area contributed by atoms with E-state index in [4.69, 9.17) is 10.3 Å². The monoisotopic (exact) mass is 231 g/mol. The van der Waals surface area contributed by atoms with Gasteiger partial charge in [0.05, 0.1) is 0 Å². The van der Waals surface area contributed by atoms with Gasteiger partial charge in [0, 0.05) is 12.1 Å². The number of hydrogen-bond donors (Lipinski definition) is 1. The largest absolute Gasteiger partial charge is 0.383 e. The van der Waals surface area contributed by atoms with Crippen LogP contribution in [-0.2, 0) is 0 Å². The number of aryl methyl sites for hydroxylation is 1. The van der Waals surface area contributed by atoms with E-state index < -0.39 is 0 Å². The topological polar surface area (TPSA) is 90.7 Å². The summed E-state index contributed by atoms with van der Waals surface area (Å²) in [5.74, 6) is 2.63. The molecule has 2 aromatic heterocycles. The van der Waals surface area contributed by atoms with Crippen molar-refractivity contribution in [2.45, 2.75) is 32.1 Å². The van der Waals surface area contributed by atoms with Crippen LogP contribution in [0.1, 0.15) is 36.8 Å². The van der Waals surface area contributed by atoms with Crippen molar-refractivity contribution in [3.63, 3.8) is 0 Å². The minimum atomic E-state index is 0.376. The number of rotatable bonds is 2. The molecule has 0 radical (unpaired) electrons. The summed E-state index contributed by atoms with van der Waals surface area (Å²) in [5.41, 5.74) is 6.41. The highest BCUT2D eigenvalue weighted by atomic mass is 16.5. The van der Waals surface area contributed by atoms with E-state index in [2.05, 4.69) is 20.1 Å². The van der Waals surface area contributed by atoms with Crippen molar-refractivity contribution < 1.29 is 4.52 Å². The first kappa shape index (κ1) is 10.2. The Hall–Kier alpha value is -1.98. The summed E-state index contributed by atoms with van der Waals surface area (Å²) in [6, 6.07) is 0. The number of nitrogens with two attached hydrogens (primary N) is 1. The second-order valence-corrected chi connectivity index (χ2v) is 4.30. The number of hydrogen-bond acceptors (Lipinski definition) is 6. The van der Waals surface area contributed by atoms with E-state index in [9.17, 15) is 0 Å². The van der Waals surface area contributed by atoms with Crippen molar-refractivity contribution in [2.24, 2.45) is 0 Å². The SMILES string of the molecule is Cc1ncc(-c2nc(C3CCC3)no2)c(N)n1. The summed E-state index contributed by atoms with van der Waals surface area (Å²) < 4.78 is 5.21. The molecule has 2 heterocycles. The van der Waals surface area contributed by atoms with E-state index in [0.717, 1.165) is 18.7 Å². The molecule has 6 nitrogen and oxygen atoms in total. The first-order valence-corrected chi connectivity index (χ1v) is 5.67. The van der Waals surface area contributed by atoms with Crippen molar-refractivity contribution in [1.82, 2.24) is 20.1 Å². The van der Waals surface area contributed by atoms with Gasteiger partial charge in [0.1, 0.15) is 17.2 Å². The average Bonchev–Trinajstić information content (AvgIpc) is 2.64. The van der Waals surface area contributed by atoms with Crippen LogP contribution in [0.25, 0.3) is 11.5 Å². The summed E-state index contributed by atoms with van der Waals surface area (Å²) in [4.78, 5) is 12.5. The summed E-state index contributed by atoms with van der Waals surface area (Å²) >= 11 is 0. The van der Waals surface area contributed by atoms with E-state index in [1.54, 1.807) is 13.1 Å². The molecule has 0 spiro atoms. The van der Waals surface area contributed by atoms with Crippen molar-refractivity contribution >= 4 is 5.82 Å². The number of nitrogen functional groups attached to an aromatic ring is 1. The smallest absolute Gasteiger partial charge is 0.263 e. The summed E-state index contributed by atoms with van der Waals surface area (Å²) in [6.45, 7) is 1.79. The van der Waals surface area contributed by atoms with Crippen molar-refractivity contribution in [3.05, 3.63) is 17.8 Å². The molecule has 0 aromatic carbocycles. The van der Waals surface area contributed by atoms with Gasteiger partial charge in [-0.25, -0.2) is 9.97 Å². The molecule has 1 fully saturated rings. The van der Waals surface area contributed by atoms with Gasteiger partial charge in [-0.05, 0) is 19.8 Å². The Morgan fingerprint density at radius 1 is 1.35 bits per heavy atom. The third-order valence-corrected chi connectivity index (χ3v) is 3.08. The molecule has 6 heteroatoms. The van der Waals surface area contributed by atoms with Gasteiger partial charge in [0.2, 0.25) is 0 Å². The van der Waals surface area contributed by atoms with E-state index in [1.807, 2.05) is 0 Å². The molecular formula is C11H13N5O. The Labute approximate surface area is 98.3 Å². The number of anilines is 1. The van der Waals surface area contributed by atoms with Crippen molar-refractivity contribution in [1.29, 1.82) is 0 Å². The molecule has 0 bridgehead atoms. The molecule has 0 unspecified atom stereocenters. The predicted octanol–water partition coefficient (Wildman–Crippen LogP) is 1.68. The summed E-state index contributed by atoms with van der Waals surface area (Å²) in [5, 5.41) is 3.98. The van der Waals surface area contributed by atoms with Crippen LogP contribution in [0.3, 0.4) is 0 Å². The maximum Gasteiger partial charge on any atom is 0.263 e. The van der Waals surface area contributed by atoms with Crippen LogP contribution in [0.4, 0.5) is 5.82 Å². The lowest BCUT2D eigenvalue weighted by Gasteiger charge is -2.20. The molecule has 1 aliphatic carbocycles. The highest BCUT2D eigenvalue weighted by molar-refractivity contribution is 5.65. The zero-order chi connectivity index (χ0) is 11.8. The molecule has 0 atom stereocenters. The molecular weight excluding hydrogens is 218 g/mol. The van der Waals surface area contributed by atoms with Gasteiger partial charge in [0.25, 0.3) is 5.89 Å². The lowest BCUT2D eigenvalue weighted by molar-refractivity contribution is 0.366. The number of nitrogens with zero attached hydrogens (tertiary/aromatic N) is 4. The first-order valence-electron chi connectivity index (χ1n) is 5.67. The Bertz CT molecular complexity index is 547. The van der Waals surface area contributed by atoms with Crippen LogP contribution in [0.5, 0.6) is 0 Å². The fourth-order valence-electron chi connectivity index (χ4n) is 1.83. The fraction of sp³-hybridized carbons (Fsp3) is 0.455. The van der Waals surface area contributed by atoms with E-state index in [0.29, 0.717) is 29.0 Å². The van der Waals surface area contributed by atoms with Crippen LogP contribution in [0.15, 0.2) is 10.7 Å². The second-order valence-electron chi connectivity index (χ2n) is 4.30. The lowest BCUT2D eigenvalue weighted by atomic mass is 9.85. The van der Waals surface area contributed by atoms with E-state index in [-0.39, 0.29) is 0 Å². The molecule has 3 rings (SSSR count). The van der Waals surface area contributed by atoms with Gasteiger partial charge in [-0.2, -0.15) is 4.98 Å². The quantitative estimate of drug-likeness (QED) is 0.845. The minimum absolute atomic E-state index is 0.376. The Balaban J connectivity index is 1.94. The van der Waals surface area contributed by atoms with Crippen LogP contribution >= 0.6 is 0 Å². The van der Waals surface area contributed by atoms with Gasteiger partial charge < -0.3 is 10.3 Å². The van der Waals surface area contributed by atoms with Crippen LogP contribution in [0, 0.1) is 6.92 Å². The highest BCUT2D eigenvalue weighted by Gasteiger charge is 2.25. The standard InChI is InChI=1S/C11H13N5O/c1-6-13-5-8(9(12)14-6)11-15-10(16-17-11)7-3-2-4-7/h5,7H,2-4H2,1H3,(H2,12,13,14). The van der Waals surface area contributed by atoms with Crippen LogP contribution in [0.2, 0.25) is 0 Å². The second kappa shape index (κ2) is 3.80. The Morgan fingerprint density at radius 3 is 2.82 bits per heavy atom. The van der Waals surface area contributed by atoms with Gasteiger partial charge >= 0.3 is 0 Å². The van der Waals surface area contributed by atoms with Crippen LogP contribution < -0.4 is 5.73 Å². The van der Waals surface area contributed by atoms with Gasteiger partial charge in [-0.3, -0.25) is 0 Å². The van der Waals surface area contributed by atoms with Gasteiger partial charge in [0.15, 0.2) is 5.82 Å². The third kappa shape index (κ3) is 1.75. The molecule has 2 N–H and O–H groups in total. The minimum Gasteiger partial charge on any atom is -0.383 e. The lowest BCUT2D eigenvalue weighted by Crippen LogP contribution is -2.10. The van der Waals surface area contributed by atoms with Crippen molar-refractivity contribution in [2.75, 3.05) is 5.73 Å². The third-order valence-electron chi connectivity index (χ3n) is 3.08. The maximum absolute atomic E-state index is 5.81. The number of aromatic nitrogens is 4. The zero-order valence-electron chi connectivity index (χ0n) is 9.55. The molecule has 1 aliphatic rings. The van der Waals surface area contributed by atoms with Crippen LogP contribution in [-0.4, -0.2) is 20.1 Å². The molecule has 0 amide bonds. The molecule has 17 heavy (non-hydrogen) atoms. The summed E-state index contributed by atoms with van der Waals surface area (Å²) in [6.07, 6.45) is 5.14. The van der Waals surface area contributed by atoms with Crippen molar-refractivity contribution in [3.8, 4) is 11.5 Å². The Kier molecular flexibility index (Phi) is 2.28. The zero-order valence-corrected chi connectivity index (χ0v) is 9.55. The van der Waals surface area contributed by atoms with Gasteiger partial charge in [-0.1, -0.05) is 11.6 Å². The fourth-order valence-corrected chi connectivity index (χ4v) is 1.83. The van der Waals surface area contributed by atoms with E-state index in [1.165, 1.54) is 6.42 Å². The molecule has 2 aromatic rings.